The van der Waals surface area contributed by atoms with Gasteiger partial charge < -0.3 is 15.8 Å². The second kappa shape index (κ2) is 7.31. The molecule has 1 atom stereocenters. The second-order valence-electron chi connectivity index (χ2n) is 3.85. The molecule has 0 radical (unpaired) electrons. The molecule has 0 fully saturated rings. The van der Waals surface area contributed by atoms with Gasteiger partial charge in [0.2, 0.25) is 5.91 Å². The topological polar surface area (TPSA) is 64.3 Å². The minimum absolute atomic E-state index is 0.0368. The summed E-state index contributed by atoms with van der Waals surface area (Å²) in [6.07, 6.45) is 1.14. The van der Waals surface area contributed by atoms with E-state index in [1.165, 1.54) is 18.2 Å². The van der Waals surface area contributed by atoms with Crippen molar-refractivity contribution in [2.75, 3.05) is 19.0 Å². The number of rotatable bonds is 6. The third-order valence-electron chi connectivity index (χ3n) is 2.39. The predicted molar refractivity (Wildman–Crippen MR) is 69.1 cm³/mol. The van der Waals surface area contributed by atoms with E-state index in [1.807, 2.05) is 0 Å². The molecule has 3 N–H and O–H groups in total. The summed E-state index contributed by atoms with van der Waals surface area (Å²) in [6.45, 7) is 0.534. The van der Waals surface area contributed by atoms with E-state index in [1.54, 1.807) is 7.11 Å². The lowest BCUT2D eigenvalue weighted by Crippen LogP contribution is -2.36. The highest BCUT2D eigenvalue weighted by molar-refractivity contribution is 6.30. The van der Waals surface area contributed by atoms with Gasteiger partial charge in [0.1, 0.15) is 5.82 Å². The number of benzene rings is 1. The first kappa shape index (κ1) is 14.9. The Morgan fingerprint density at radius 3 is 3.00 bits per heavy atom. The SMILES string of the molecule is COCCCC(N)C(=O)Nc1cc(Cl)ccc1F. The molecule has 0 aliphatic heterocycles. The van der Waals surface area contributed by atoms with Gasteiger partial charge in [-0.2, -0.15) is 0 Å². The van der Waals surface area contributed by atoms with Crippen LogP contribution in [0.2, 0.25) is 5.02 Å². The van der Waals surface area contributed by atoms with Crippen LogP contribution >= 0.6 is 11.6 Å². The number of hydrogen-bond donors (Lipinski definition) is 2. The summed E-state index contributed by atoms with van der Waals surface area (Å²) >= 11 is 5.72. The summed E-state index contributed by atoms with van der Waals surface area (Å²) < 4.78 is 18.2. The third-order valence-corrected chi connectivity index (χ3v) is 2.62. The molecule has 1 amide bonds. The highest BCUT2D eigenvalue weighted by Crippen LogP contribution is 2.19. The zero-order valence-corrected chi connectivity index (χ0v) is 10.8. The average Bonchev–Trinajstić information content (AvgIpc) is 2.34. The molecule has 1 aromatic rings. The Bertz CT molecular complexity index is 415. The summed E-state index contributed by atoms with van der Waals surface area (Å²) in [4.78, 5) is 11.7. The first-order chi connectivity index (χ1) is 8.54. The molecule has 6 heteroatoms. The lowest BCUT2D eigenvalue weighted by Gasteiger charge is -2.12. The molecule has 18 heavy (non-hydrogen) atoms. The van der Waals surface area contributed by atoms with Crippen LogP contribution in [0.25, 0.3) is 0 Å². The molecule has 4 nitrogen and oxygen atoms in total. The minimum atomic E-state index is -0.696. The van der Waals surface area contributed by atoms with Gasteiger partial charge in [0, 0.05) is 18.7 Å². The molecule has 0 aliphatic rings. The van der Waals surface area contributed by atoms with Crippen LogP contribution in [0.3, 0.4) is 0 Å². The quantitative estimate of drug-likeness (QED) is 0.782. The molecule has 1 rings (SSSR count). The number of halogens is 2. The molecule has 1 aromatic carbocycles. The fourth-order valence-corrected chi connectivity index (χ4v) is 1.57. The van der Waals surface area contributed by atoms with Gasteiger partial charge in [0.15, 0.2) is 0 Å². The van der Waals surface area contributed by atoms with Gasteiger partial charge >= 0.3 is 0 Å². The van der Waals surface area contributed by atoms with Crippen molar-refractivity contribution in [1.82, 2.24) is 0 Å². The normalized spacial score (nSPS) is 12.2. The van der Waals surface area contributed by atoms with Crippen LogP contribution in [0.5, 0.6) is 0 Å². The van der Waals surface area contributed by atoms with Crippen LogP contribution in [0.1, 0.15) is 12.8 Å². The van der Waals surface area contributed by atoms with Gasteiger partial charge in [0.05, 0.1) is 11.7 Å². The Morgan fingerprint density at radius 1 is 1.61 bits per heavy atom. The van der Waals surface area contributed by atoms with Gasteiger partial charge in [-0.1, -0.05) is 11.6 Å². The zero-order valence-electron chi connectivity index (χ0n) is 10.1. The van der Waals surface area contributed by atoms with Crippen molar-refractivity contribution < 1.29 is 13.9 Å². The van der Waals surface area contributed by atoms with Crippen LogP contribution in [0, 0.1) is 5.82 Å². The van der Waals surface area contributed by atoms with Gasteiger partial charge in [-0.05, 0) is 31.0 Å². The highest BCUT2D eigenvalue weighted by atomic mass is 35.5. The van der Waals surface area contributed by atoms with E-state index >= 15 is 0 Å². The number of methoxy groups -OCH3 is 1. The number of hydrogen-bond acceptors (Lipinski definition) is 3. The molecular weight excluding hydrogens is 259 g/mol. The van der Waals surface area contributed by atoms with Crippen molar-refractivity contribution in [2.24, 2.45) is 5.73 Å². The van der Waals surface area contributed by atoms with Crippen molar-refractivity contribution in [3.63, 3.8) is 0 Å². The Balaban J connectivity index is 2.55. The predicted octanol–water partition coefficient (Wildman–Crippen LogP) is 2.17. The van der Waals surface area contributed by atoms with E-state index in [9.17, 15) is 9.18 Å². The smallest absolute Gasteiger partial charge is 0.241 e. The summed E-state index contributed by atoms with van der Waals surface area (Å²) in [7, 11) is 1.58. The maximum Gasteiger partial charge on any atom is 0.241 e. The highest BCUT2D eigenvalue weighted by Gasteiger charge is 2.15. The van der Waals surface area contributed by atoms with Gasteiger partial charge in [-0.25, -0.2) is 4.39 Å². The van der Waals surface area contributed by atoms with Gasteiger partial charge in [-0.15, -0.1) is 0 Å². The van der Waals surface area contributed by atoms with Crippen molar-refractivity contribution in [3.05, 3.63) is 29.0 Å². The number of amides is 1. The first-order valence-electron chi connectivity index (χ1n) is 5.55. The Hall–Kier alpha value is -1.17. The van der Waals surface area contributed by atoms with E-state index in [2.05, 4.69) is 5.32 Å². The van der Waals surface area contributed by atoms with Crippen LogP contribution in [0.4, 0.5) is 10.1 Å². The first-order valence-corrected chi connectivity index (χ1v) is 5.93. The fraction of sp³-hybridized carbons (Fsp3) is 0.417. The molecule has 0 spiro atoms. The van der Waals surface area contributed by atoms with Gasteiger partial charge in [-0.3, -0.25) is 4.79 Å². The van der Waals surface area contributed by atoms with Crippen LogP contribution in [0.15, 0.2) is 18.2 Å². The number of carbonyl (C=O) groups excluding carboxylic acids is 1. The van der Waals surface area contributed by atoms with E-state index < -0.39 is 17.8 Å². The third kappa shape index (κ3) is 4.60. The second-order valence-corrected chi connectivity index (χ2v) is 4.29. The number of ether oxygens (including phenoxy) is 1. The average molecular weight is 275 g/mol. The number of nitrogens with one attached hydrogen (secondary N) is 1. The lowest BCUT2D eigenvalue weighted by molar-refractivity contribution is -0.117. The van der Waals surface area contributed by atoms with Crippen molar-refractivity contribution in [1.29, 1.82) is 0 Å². The number of carbonyl (C=O) groups is 1. The van der Waals surface area contributed by atoms with E-state index in [4.69, 9.17) is 22.1 Å². The molecule has 0 aromatic heterocycles. The van der Waals surface area contributed by atoms with E-state index in [0.29, 0.717) is 24.5 Å². The molecule has 0 bridgehead atoms. The monoisotopic (exact) mass is 274 g/mol. The standard InChI is InChI=1S/C12H16ClFN2O2/c1-18-6-2-3-10(15)12(17)16-11-7-8(13)4-5-9(11)14/h4-5,7,10H,2-3,6,15H2,1H3,(H,16,17). The van der Waals surface area contributed by atoms with Crippen molar-refractivity contribution in [2.45, 2.75) is 18.9 Å². The van der Waals surface area contributed by atoms with E-state index in [0.717, 1.165) is 0 Å². The molecular formula is C12H16ClFN2O2. The van der Waals surface area contributed by atoms with Crippen molar-refractivity contribution >= 4 is 23.2 Å². The van der Waals surface area contributed by atoms with Crippen molar-refractivity contribution in [3.8, 4) is 0 Å². The molecule has 0 aliphatic carbocycles. The number of nitrogens with two attached hydrogens (primary N) is 1. The molecule has 0 heterocycles. The Morgan fingerprint density at radius 2 is 2.33 bits per heavy atom. The Labute approximate surface area is 110 Å². The number of anilines is 1. The molecule has 0 saturated heterocycles. The molecule has 1 unspecified atom stereocenters. The molecule has 0 saturated carbocycles. The van der Waals surface area contributed by atoms with Crippen LogP contribution in [-0.4, -0.2) is 25.7 Å². The minimum Gasteiger partial charge on any atom is -0.385 e. The van der Waals surface area contributed by atoms with Gasteiger partial charge in [0.25, 0.3) is 0 Å². The lowest BCUT2D eigenvalue weighted by atomic mass is 10.1. The summed E-state index contributed by atoms with van der Waals surface area (Å²) in [5.74, 6) is -0.982. The fourth-order valence-electron chi connectivity index (χ4n) is 1.40. The van der Waals surface area contributed by atoms with Crippen LogP contribution < -0.4 is 11.1 Å². The Kier molecular flexibility index (Phi) is 6.04. The maximum atomic E-state index is 13.4. The summed E-state index contributed by atoms with van der Waals surface area (Å²) in [5.41, 5.74) is 5.71. The largest absolute Gasteiger partial charge is 0.385 e. The zero-order chi connectivity index (χ0) is 13.5. The molecule has 100 valence electrons. The van der Waals surface area contributed by atoms with Crippen LogP contribution in [-0.2, 0) is 9.53 Å². The maximum absolute atomic E-state index is 13.4. The summed E-state index contributed by atoms with van der Waals surface area (Å²) in [6, 6.07) is 3.24. The summed E-state index contributed by atoms with van der Waals surface area (Å²) in [5, 5.41) is 2.76. The van der Waals surface area contributed by atoms with E-state index in [-0.39, 0.29) is 5.69 Å².